The number of piperidine rings is 1. The molecule has 2 aromatic heterocycles. The van der Waals surface area contributed by atoms with E-state index in [4.69, 9.17) is 5.73 Å². The number of halogens is 2. The molecule has 0 bridgehead atoms. The zero-order valence-electron chi connectivity index (χ0n) is 21.7. The second kappa shape index (κ2) is 8.93. The van der Waals surface area contributed by atoms with Gasteiger partial charge in [0, 0.05) is 31.1 Å². The number of anilines is 1. The van der Waals surface area contributed by atoms with Gasteiger partial charge in [-0.3, -0.25) is 9.59 Å². The van der Waals surface area contributed by atoms with Crippen LogP contribution in [0.5, 0.6) is 0 Å². The van der Waals surface area contributed by atoms with Crippen molar-refractivity contribution in [1.29, 1.82) is 0 Å². The van der Waals surface area contributed by atoms with Crippen LogP contribution in [0, 0.1) is 24.7 Å². The lowest BCUT2D eigenvalue weighted by molar-refractivity contribution is -0.135. The van der Waals surface area contributed by atoms with Gasteiger partial charge in [0.1, 0.15) is 11.4 Å². The summed E-state index contributed by atoms with van der Waals surface area (Å²) < 4.78 is 31.9. The summed E-state index contributed by atoms with van der Waals surface area (Å²) in [5.41, 5.74) is 8.89. The van der Waals surface area contributed by atoms with Crippen molar-refractivity contribution >= 4 is 28.7 Å². The maximum absolute atomic E-state index is 14.1. The minimum Gasteiger partial charge on any atom is -0.373 e. The number of fused-ring (bicyclic) bond motifs is 2. The molecule has 3 atom stereocenters. The van der Waals surface area contributed by atoms with Gasteiger partial charge in [-0.15, -0.1) is 0 Å². The number of nitrogens with one attached hydrogen (secondary N) is 1. The Morgan fingerprint density at radius 1 is 1.28 bits per heavy atom. The van der Waals surface area contributed by atoms with Crippen LogP contribution in [0.1, 0.15) is 58.9 Å². The monoisotopic (exact) mass is 533 g/mol. The Morgan fingerprint density at radius 3 is 2.69 bits per heavy atom. The highest BCUT2D eigenvalue weighted by molar-refractivity contribution is 6.00. The lowest BCUT2D eigenvalue weighted by Gasteiger charge is -2.38. The average molecular weight is 534 g/mol. The van der Waals surface area contributed by atoms with E-state index in [9.17, 15) is 18.4 Å². The molecule has 39 heavy (non-hydrogen) atoms. The first kappa shape index (κ1) is 25.1. The van der Waals surface area contributed by atoms with E-state index in [1.165, 1.54) is 4.90 Å². The molecule has 2 saturated carbocycles. The van der Waals surface area contributed by atoms with E-state index in [1.54, 1.807) is 11.7 Å². The van der Waals surface area contributed by atoms with Gasteiger partial charge in [-0.05, 0) is 62.3 Å². The average Bonchev–Trinajstić information content (AvgIpc) is 3.81. The van der Waals surface area contributed by atoms with Crippen LogP contribution in [0.4, 0.5) is 14.6 Å². The van der Waals surface area contributed by atoms with Crippen LogP contribution < -0.4 is 11.1 Å². The fraction of sp³-hybridized carbons (Fsp3) is 0.429. The third-order valence-corrected chi connectivity index (χ3v) is 8.30. The molecule has 3 aromatic rings. The summed E-state index contributed by atoms with van der Waals surface area (Å²) >= 11 is 0. The van der Waals surface area contributed by atoms with Crippen molar-refractivity contribution in [2.75, 3.05) is 18.9 Å². The van der Waals surface area contributed by atoms with Crippen LogP contribution in [-0.2, 0) is 10.3 Å². The highest BCUT2D eigenvalue weighted by Gasteiger charge is 2.64. The molecule has 11 heteroatoms. The number of nitrogens with two attached hydrogens (primary N) is 1. The number of hydrogen-bond donors (Lipinski definition) is 2. The van der Waals surface area contributed by atoms with Gasteiger partial charge < -0.3 is 20.5 Å². The van der Waals surface area contributed by atoms with Crippen LogP contribution in [0.2, 0.25) is 0 Å². The number of hydrogen-bond acceptors (Lipinski definition) is 5. The maximum Gasteiger partial charge on any atom is 0.258 e. The fourth-order valence-corrected chi connectivity index (χ4v) is 6.01. The standard InChI is InChI=1S/C28H29F2N7O2/c1-4-23(38)35-13-17-11-28(17,12-22(35)25(29)30)37-27(32-3)24(26(31)39)19(34-37)8-5-16-10-20-21(9-15(16)2)36(14-33-20)18-6-7-18/h4,9-10,14,17-18,22,25,32H,1,6-7,11-13H2,2-3H3,(H2,31,39)/t17?,22-,28+/m1/s1. The normalized spacial score (nSPS) is 23.8. The minimum absolute atomic E-state index is 0.00419. The van der Waals surface area contributed by atoms with Crippen LogP contribution in [0.15, 0.2) is 31.1 Å². The van der Waals surface area contributed by atoms with Crippen molar-refractivity contribution in [2.45, 2.75) is 56.7 Å². The summed E-state index contributed by atoms with van der Waals surface area (Å²) in [5.74, 6) is 5.14. The molecule has 2 aliphatic carbocycles. The molecule has 1 aliphatic heterocycles. The molecule has 3 fully saturated rings. The quantitative estimate of drug-likeness (QED) is 0.374. The van der Waals surface area contributed by atoms with E-state index in [2.05, 4.69) is 44.5 Å². The van der Waals surface area contributed by atoms with Crippen molar-refractivity contribution in [1.82, 2.24) is 24.2 Å². The number of carbonyl (C=O) groups is 2. The second-order valence-electron chi connectivity index (χ2n) is 10.7. The number of rotatable bonds is 6. The predicted molar refractivity (Wildman–Crippen MR) is 141 cm³/mol. The summed E-state index contributed by atoms with van der Waals surface area (Å²) in [5, 5.41) is 7.65. The Morgan fingerprint density at radius 2 is 2.05 bits per heavy atom. The summed E-state index contributed by atoms with van der Waals surface area (Å²) in [6.07, 6.45) is 3.02. The van der Waals surface area contributed by atoms with Crippen molar-refractivity contribution < 1.29 is 18.4 Å². The number of benzene rings is 1. The highest BCUT2D eigenvalue weighted by atomic mass is 19.3. The molecule has 3 aliphatic rings. The smallest absolute Gasteiger partial charge is 0.258 e. The van der Waals surface area contributed by atoms with Crippen LogP contribution >= 0.6 is 0 Å². The summed E-state index contributed by atoms with van der Waals surface area (Å²) in [6, 6.07) is 3.20. The van der Waals surface area contributed by atoms with Gasteiger partial charge in [0.15, 0.2) is 5.69 Å². The molecule has 2 amide bonds. The SMILES string of the molecule is C=CC(=O)N1CC2C[C@]2(n2nc(C#Cc3cc4ncn(C5CC5)c4cc3C)c(C(N)=O)c2NC)C[C@@H]1C(F)F. The molecule has 1 aromatic carbocycles. The van der Waals surface area contributed by atoms with Gasteiger partial charge in [-0.1, -0.05) is 12.5 Å². The highest BCUT2D eigenvalue weighted by Crippen LogP contribution is 2.59. The van der Waals surface area contributed by atoms with Crippen LogP contribution in [0.3, 0.4) is 0 Å². The molecule has 9 nitrogen and oxygen atoms in total. The molecule has 0 radical (unpaired) electrons. The second-order valence-corrected chi connectivity index (χ2v) is 10.7. The molecule has 3 N–H and O–H groups in total. The van der Waals surface area contributed by atoms with E-state index in [-0.39, 0.29) is 30.1 Å². The number of imidazole rings is 1. The zero-order valence-corrected chi connectivity index (χ0v) is 21.7. The number of amides is 2. The van der Waals surface area contributed by atoms with E-state index in [0.717, 1.165) is 41.1 Å². The third-order valence-electron chi connectivity index (χ3n) is 8.30. The number of likely N-dealkylation sites (tertiary alicyclic amines) is 1. The number of nitrogens with zero attached hydrogens (tertiary/aromatic N) is 5. The summed E-state index contributed by atoms with van der Waals surface area (Å²) in [4.78, 5) is 30.6. The Labute approximate surface area is 224 Å². The predicted octanol–water partition coefficient (Wildman–Crippen LogP) is 3.18. The largest absolute Gasteiger partial charge is 0.373 e. The minimum atomic E-state index is -2.74. The van der Waals surface area contributed by atoms with E-state index < -0.39 is 29.8 Å². The first-order chi connectivity index (χ1) is 18.7. The molecule has 3 heterocycles. The van der Waals surface area contributed by atoms with Gasteiger partial charge in [0.2, 0.25) is 5.91 Å². The molecule has 202 valence electrons. The zero-order chi connectivity index (χ0) is 27.6. The lowest BCUT2D eigenvalue weighted by Crippen LogP contribution is -2.52. The van der Waals surface area contributed by atoms with Gasteiger partial charge in [-0.2, -0.15) is 5.10 Å². The fourth-order valence-electron chi connectivity index (χ4n) is 6.01. The number of alkyl halides is 2. The first-order valence-corrected chi connectivity index (χ1v) is 13.0. The molecular formula is C28H29F2N7O2. The van der Waals surface area contributed by atoms with Gasteiger partial charge >= 0.3 is 0 Å². The molecule has 6 rings (SSSR count). The Balaban J connectivity index is 1.39. The number of carbonyl (C=O) groups excluding carboxylic acids is 2. The maximum atomic E-state index is 14.1. The first-order valence-electron chi connectivity index (χ1n) is 13.0. The van der Waals surface area contributed by atoms with Crippen LogP contribution in [-0.4, -0.2) is 62.1 Å². The van der Waals surface area contributed by atoms with Gasteiger partial charge in [-0.25, -0.2) is 18.4 Å². The summed E-state index contributed by atoms with van der Waals surface area (Å²) in [7, 11) is 1.63. The molecule has 1 saturated heterocycles. The van der Waals surface area contributed by atoms with Crippen LogP contribution in [0.25, 0.3) is 11.0 Å². The summed E-state index contributed by atoms with van der Waals surface area (Å²) in [6.45, 7) is 5.57. The van der Waals surface area contributed by atoms with Crippen molar-refractivity contribution in [3.8, 4) is 11.8 Å². The van der Waals surface area contributed by atoms with E-state index >= 15 is 0 Å². The molecule has 1 unspecified atom stereocenters. The van der Waals surface area contributed by atoms with Gasteiger partial charge in [0.05, 0.1) is 28.9 Å². The molecule has 0 spiro atoms. The topological polar surface area (TPSA) is 111 Å². The van der Waals surface area contributed by atoms with Crippen molar-refractivity contribution in [3.63, 3.8) is 0 Å². The number of aromatic nitrogens is 4. The number of primary amides is 1. The van der Waals surface area contributed by atoms with E-state index in [0.29, 0.717) is 18.3 Å². The lowest BCUT2D eigenvalue weighted by atomic mass is 9.96. The Hall–Kier alpha value is -4.20. The van der Waals surface area contributed by atoms with E-state index in [1.807, 2.05) is 19.3 Å². The number of aryl methyl sites for hydroxylation is 1. The van der Waals surface area contributed by atoms with Gasteiger partial charge in [0.25, 0.3) is 12.3 Å². The third kappa shape index (κ3) is 3.97. The van der Waals surface area contributed by atoms with Crippen molar-refractivity contribution in [3.05, 3.63) is 53.5 Å². The van der Waals surface area contributed by atoms with Crippen molar-refractivity contribution in [2.24, 2.45) is 11.7 Å². The Bertz CT molecular complexity index is 1590. The molecular weight excluding hydrogens is 504 g/mol. The Kier molecular flexibility index (Phi) is 5.75.